The molecule has 0 aliphatic carbocycles. The molecule has 0 amide bonds. The summed E-state index contributed by atoms with van der Waals surface area (Å²) in [5, 5.41) is 9.35. The lowest BCUT2D eigenvalue weighted by Crippen LogP contribution is -2.45. The van der Waals surface area contributed by atoms with Crippen LogP contribution in [-0.4, -0.2) is 45.4 Å². The molecule has 4 rings (SSSR count). The normalized spacial score (nSPS) is 17.1. The molecule has 3 heterocycles. The molecule has 10 heteroatoms. The summed E-state index contributed by atoms with van der Waals surface area (Å²) in [7, 11) is 0. The van der Waals surface area contributed by atoms with Gasteiger partial charge in [-0.05, 0) is 24.3 Å². The third-order valence-electron chi connectivity index (χ3n) is 4.47. The van der Waals surface area contributed by atoms with Crippen LogP contribution >= 0.6 is 34.8 Å². The maximum Gasteiger partial charge on any atom is 0.292 e. The zero-order valence-corrected chi connectivity index (χ0v) is 16.9. The molecule has 7 nitrogen and oxygen atoms in total. The van der Waals surface area contributed by atoms with Crippen molar-refractivity contribution in [1.82, 2.24) is 19.6 Å². The van der Waals surface area contributed by atoms with Crippen LogP contribution in [0.15, 0.2) is 47.7 Å². The fraction of sp³-hybridized carbons (Fsp3) is 0.278. The van der Waals surface area contributed by atoms with Crippen molar-refractivity contribution in [3.63, 3.8) is 0 Å². The lowest BCUT2D eigenvalue weighted by atomic mass is 10.2. The monoisotopic (exact) mass is 439 g/mol. The minimum atomic E-state index is -0.446. The number of benzene rings is 1. The highest BCUT2D eigenvalue weighted by molar-refractivity contribution is 6.36. The summed E-state index contributed by atoms with van der Waals surface area (Å²) < 4.78 is 8.80. The molecule has 1 aliphatic rings. The van der Waals surface area contributed by atoms with E-state index in [0.29, 0.717) is 47.7 Å². The summed E-state index contributed by atoms with van der Waals surface area (Å²) in [6, 6.07) is 6.68. The molecule has 1 aliphatic heterocycles. The third kappa shape index (κ3) is 3.89. The fourth-order valence-corrected chi connectivity index (χ4v) is 3.87. The van der Waals surface area contributed by atoms with E-state index in [4.69, 9.17) is 39.5 Å². The topological polar surface area (TPSA) is 65.2 Å². The van der Waals surface area contributed by atoms with Crippen LogP contribution in [0, 0.1) is 0 Å². The molecule has 3 aromatic rings. The molecule has 28 heavy (non-hydrogen) atoms. The molecule has 0 N–H and O–H groups in total. The van der Waals surface area contributed by atoms with Crippen LogP contribution in [-0.2, 0) is 11.3 Å². The van der Waals surface area contributed by atoms with Crippen LogP contribution in [0.4, 0.5) is 5.69 Å². The van der Waals surface area contributed by atoms with Gasteiger partial charge in [-0.15, -0.1) is 0 Å². The van der Waals surface area contributed by atoms with Gasteiger partial charge in [-0.3, -0.25) is 9.48 Å². The van der Waals surface area contributed by atoms with Gasteiger partial charge in [0.25, 0.3) is 5.56 Å². The van der Waals surface area contributed by atoms with Gasteiger partial charge >= 0.3 is 0 Å². The summed E-state index contributed by atoms with van der Waals surface area (Å²) in [5.41, 5.74) is 0.545. The first kappa shape index (κ1) is 19.3. The minimum absolute atomic E-state index is 0.0714. The second-order valence-corrected chi connectivity index (χ2v) is 7.54. The highest BCUT2D eigenvalue weighted by Crippen LogP contribution is 2.27. The van der Waals surface area contributed by atoms with Crippen molar-refractivity contribution < 1.29 is 4.74 Å². The summed E-state index contributed by atoms with van der Waals surface area (Å²) in [4.78, 5) is 14.8. The number of hydrogen-bond donors (Lipinski definition) is 0. The van der Waals surface area contributed by atoms with Crippen molar-refractivity contribution in [3.05, 3.63) is 68.3 Å². The van der Waals surface area contributed by atoms with E-state index >= 15 is 0 Å². The number of morpholine rings is 1. The van der Waals surface area contributed by atoms with Crippen molar-refractivity contribution in [2.45, 2.75) is 12.6 Å². The Labute approximate surface area is 176 Å². The summed E-state index contributed by atoms with van der Waals surface area (Å²) in [6.07, 6.45) is 5.11. The van der Waals surface area contributed by atoms with E-state index in [1.807, 2.05) is 21.8 Å². The SMILES string of the molecule is O=c1c(Cl)c(N2CCOC(Cn3cccn3)C2)cnn1-c1ccc(Cl)cc1Cl. The number of nitrogens with zero attached hydrogens (tertiary/aromatic N) is 5. The van der Waals surface area contributed by atoms with Gasteiger partial charge in [0, 0.05) is 30.5 Å². The lowest BCUT2D eigenvalue weighted by Gasteiger charge is -2.34. The summed E-state index contributed by atoms with van der Waals surface area (Å²) in [6.45, 7) is 2.33. The molecule has 0 spiro atoms. The van der Waals surface area contributed by atoms with Gasteiger partial charge < -0.3 is 9.64 Å². The van der Waals surface area contributed by atoms with Gasteiger partial charge in [-0.2, -0.15) is 14.9 Å². The third-order valence-corrected chi connectivity index (χ3v) is 5.36. The summed E-state index contributed by atoms with van der Waals surface area (Å²) >= 11 is 18.5. The van der Waals surface area contributed by atoms with Crippen LogP contribution in [0.3, 0.4) is 0 Å². The second-order valence-electron chi connectivity index (χ2n) is 6.32. The standard InChI is InChI=1S/C18H16Cl3N5O2/c19-12-2-3-15(14(20)8-12)26-18(27)17(21)16(9-23-26)24-6-7-28-13(10-24)11-25-5-1-4-22-25/h1-5,8-9,13H,6-7,10-11H2. The van der Waals surface area contributed by atoms with Gasteiger partial charge in [0.1, 0.15) is 5.02 Å². The number of aromatic nitrogens is 4. The van der Waals surface area contributed by atoms with Crippen molar-refractivity contribution in [3.8, 4) is 5.69 Å². The van der Waals surface area contributed by atoms with Gasteiger partial charge in [-0.25, -0.2) is 0 Å². The van der Waals surface area contributed by atoms with Gasteiger partial charge in [0.15, 0.2) is 0 Å². The van der Waals surface area contributed by atoms with E-state index in [9.17, 15) is 4.79 Å². The van der Waals surface area contributed by atoms with Crippen molar-refractivity contribution in [2.75, 3.05) is 24.6 Å². The Morgan fingerprint density at radius 1 is 1.18 bits per heavy atom. The van der Waals surface area contributed by atoms with Crippen LogP contribution < -0.4 is 10.5 Å². The Hall–Kier alpha value is -2.06. The highest BCUT2D eigenvalue weighted by atomic mass is 35.5. The van der Waals surface area contributed by atoms with Gasteiger partial charge in [-0.1, -0.05) is 34.8 Å². The second kappa shape index (κ2) is 8.13. The van der Waals surface area contributed by atoms with E-state index in [2.05, 4.69) is 10.2 Å². The average molecular weight is 441 g/mol. The molecule has 1 fully saturated rings. The van der Waals surface area contributed by atoms with Gasteiger partial charge in [0.2, 0.25) is 0 Å². The van der Waals surface area contributed by atoms with Crippen LogP contribution in [0.25, 0.3) is 5.69 Å². The number of hydrogen-bond acceptors (Lipinski definition) is 5. The Bertz CT molecular complexity index is 1040. The average Bonchev–Trinajstić information content (AvgIpc) is 3.18. The quantitative estimate of drug-likeness (QED) is 0.623. The molecule has 1 unspecified atom stereocenters. The van der Waals surface area contributed by atoms with E-state index in [1.165, 1.54) is 4.68 Å². The Balaban J connectivity index is 1.60. The Morgan fingerprint density at radius 2 is 2.04 bits per heavy atom. The van der Waals surface area contributed by atoms with E-state index in [1.54, 1.807) is 30.6 Å². The van der Waals surface area contributed by atoms with Crippen molar-refractivity contribution >= 4 is 40.5 Å². The zero-order valence-electron chi connectivity index (χ0n) is 14.6. The molecule has 0 saturated carbocycles. The predicted octanol–water partition coefficient (Wildman–Crippen LogP) is 3.29. The molecule has 0 bridgehead atoms. The number of halogens is 3. The van der Waals surface area contributed by atoms with Crippen LogP contribution in [0.2, 0.25) is 15.1 Å². The van der Waals surface area contributed by atoms with Crippen molar-refractivity contribution in [1.29, 1.82) is 0 Å². The first-order valence-electron chi connectivity index (χ1n) is 8.60. The molecule has 0 radical (unpaired) electrons. The predicted molar refractivity (Wildman–Crippen MR) is 109 cm³/mol. The fourth-order valence-electron chi connectivity index (χ4n) is 3.13. The zero-order chi connectivity index (χ0) is 19.7. The maximum absolute atomic E-state index is 12.8. The summed E-state index contributed by atoms with van der Waals surface area (Å²) in [5.74, 6) is 0. The number of anilines is 1. The van der Waals surface area contributed by atoms with E-state index in [0.717, 1.165) is 0 Å². The van der Waals surface area contributed by atoms with Crippen LogP contribution in [0.1, 0.15) is 0 Å². The lowest BCUT2D eigenvalue weighted by molar-refractivity contribution is 0.0274. The molecule has 1 atom stereocenters. The molecule has 2 aromatic heterocycles. The van der Waals surface area contributed by atoms with Crippen LogP contribution in [0.5, 0.6) is 0 Å². The van der Waals surface area contributed by atoms with E-state index < -0.39 is 5.56 Å². The Morgan fingerprint density at radius 3 is 2.79 bits per heavy atom. The number of ether oxygens (including phenoxy) is 1. The molecule has 1 aromatic carbocycles. The smallest absolute Gasteiger partial charge is 0.292 e. The minimum Gasteiger partial charge on any atom is -0.373 e. The first-order valence-corrected chi connectivity index (χ1v) is 9.73. The number of rotatable bonds is 4. The Kier molecular flexibility index (Phi) is 5.59. The molecule has 146 valence electrons. The van der Waals surface area contributed by atoms with E-state index in [-0.39, 0.29) is 11.1 Å². The largest absolute Gasteiger partial charge is 0.373 e. The van der Waals surface area contributed by atoms with Gasteiger partial charge in [0.05, 0.1) is 41.8 Å². The maximum atomic E-state index is 12.8. The molecule has 1 saturated heterocycles. The van der Waals surface area contributed by atoms with Crippen molar-refractivity contribution in [2.24, 2.45) is 0 Å². The molecular formula is C18H16Cl3N5O2. The highest BCUT2D eigenvalue weighted by Gasteiger charge is 2.25. The first-order chi connectivity index (χ1) is 13.5. The molecular weight excluding hydrogens is 425 g/mol.